The molecule has 0 radical (unpaired) electrons. The number of aromatic nitrogens is 6. The predicted molar refractivity (Wildman–Crippen MR) is 120 cm³/mol. The first-order chi connectivity index (χ1) is 17.2. The third-order valence-electron chi connectivity index (χ3n) is 6.05. The van der Waals surface area contributed by atoms with Gasteiger partial charge in [-0.2, -0.15) is 27.1 Å². The lowest BCUT2D eigenvalue weighted by atomic mass is 9.84. The van der Waals surface area contributed by atoms with Crippen LogP contribution in [0.3, 0.4) is 0 Å². The number of nitrogens with two attached hydrogens (primary N) is 1. The molecule has 3 aromatic heterocycles. The molecule has 1 aliphatic rings. The number of nitrogens with one attached hydrogen (secondary N) is 1. The van der Waals surface area contributed by atoms with E-state index in [-0.39, 0.29) is 51.0 Å². The Labute approximate surface area is 209 Å². The lowest BCUT2D eigenvalue weighted by Gasteiger charge is -2.19. The molecule has 16 heteroatoms. The fraction of sp³-hybridized carbons (Fsp3) is 0.333. The average Bonchev–Trinajstić information content (AvgIpc) is 3.46. The van der Waals surface area contributed by atoms with E-state index in [4.69, 9.17) is 21.8 Å². The molecule has 0 bridgehead atoms. The number of nitrogens with zero attached hydrogens (tertiary/aromatic N) is 6. The summed E-state index contributed by atoms with van der Waals surface area (Å²) in [7, 11) is 0. The third kappa shape index (κ3) is 3.84. The summed E-state index contributed by atoms with van der Waals surface area (Å²) in [5.74, 6) is -5.49. The normalized spacial score (nSPS) is 17.9. The highest BCUT2D eigenvalue weighted by molar-refractivity contribution is 6.31. The van der Waals surface area contributed by atoms with E-state index in [1.54, 1.807) is 6.92 Å². The maximum Gasteiger partial charge on any atom is 0.453 e. The molecule has 0 saturated heterocycles. The number of alkyl halides is 5. The van der Waals surface area contributed by atoms with Crippen LogP contribution in [-0.4, -0.2) is 48.0 Å². The molecule has 1 aliphatic heterocycles. The Balaban J connectivity index is 1.60. The van der Waals surface area contributed by atoms with Gasteiger partial charge in [0.1, 0.15) is 17.3 Å². The number of hydrogen-bond acceptors (Lipinski definition) is 8. The van der Waals surface area contributed by atoms with Crippen LogP contribution in [0.15, 0.2) is 22.6 Å². The van der Waals surface area contributed by atoms with Crippen molar-refractivity contribution in [1.82, 2.24) is 29.9 Å². The van der Waals surface area contributed by atoms with Crippen LogP contribution in [0.5, 0.6) is 0 Å². The Kier molecular flexibility index (Phi) is 5.40. The van der Waals surface area contributed by atoms with Crippen molar-refractivity contribution in [2.75, 3.05) is 11.1 Å². The Hall–Kier alpha value is -3.88. The summed E-state index contributed by atoms with van der Waals surface area (Å²) in [4.78, 5) is 21.5. The van der Waals surface area contributed by atoms with Crippen LogP contribution in [-0.2, 0) is 16.8 Å². The summed E-state index contributed by atoms with van der Waals surface area (Å²) >= 11 is 6.03. The van der Waals surface area contributed by atoms with Crippen molar-refractivity contribution in [3.63, 3.8) is 0 Å². The number of carbonyl (C=O) groups is 1. The molecule has 1 atom stereocenters. The van der Waals surface area contributed by atoms with Gasteiger partial charge in [-0.15, -0.1) is 10.2 Å². The second kappa shape index (κ2) is 8.06. The van der Waals surface area contributed by atoms with E-state index in [1.807, 2.05) is 0 Å². The van der Waals surface area contributed by atoms with E-state index < -0.39 is 36.4 Å². The van der Waals surface area contributed by atoms with Gasteiger partial charge < -0.3 is 15.5 Å². The Morgan fingerprint density at radius 1 is 1.19 bits per heavy atom. The number of carbonyl (C=O) groups excluding carboxylic acids is 1. The molecule has 4 aromatic rings. The van der Waals surface area contributed by atoms with Gasteiger partial charge in [-0.1, -0.05) is 11.6 Å². The van der Waals surface area contributed by atoms with Crippen LogP contribution in [0, 0.1) is 6.92 Å². The van der Waals surface area contributed by atoms with Crippen molar-refractivity contribution in [3.05, 3.63) is 40.6 Å². The Morgan fingerprint density at radius 3 is 2.57 bits per heavy atom. The molecule has 194 valence electrons. The number of amides is 1. The minimum absolute atomic E-state index is 0.0285. The number of nitrogen functional groups attached to an aromatic ring is 1. The molecule has 37 heavy (non-hydrogen) atoms. The van der Waals surface area contributed by atoms with Crippen molar-refractivity contribution in [2.24, 2.45) is 0 Å². The first-order valence-corrected chi connectivity index (χ1v) is 11.0. The number of fused-ring (bicyclic) bond motifs is 2. The topological polar surface area (TPSA) is 138 Å². The minimum atomic E-state index is -5.71. The monoisotopic (exact) mass is 542 g/mol. The van der Waals surface area contributed by atoms with E-state index in [0.717, 1.165) is 4.68 Å². The standard InChI is InChI=1S/C21H16ClF5N8O2/c1-8-32-33-18(37-8)19(2)12-14(28)29-16(30-15(12)31-17(19)36)13-10-4-3-9(22)7-11(10)35(34-13)6-5-20(23,24)21(25,26)27/h3-4,7H,5-6H2,1-2H3,(H3,28,29,30,31,36). The summed E-state index contributed by atoms with van der Waals surface area (Å²) < 4.78 is 71.7. The molecular weight excluding hydrogens is 527 g/mol. The molecule has 1 amide bonds. The van der Waals surface area contributed by atoms with Gasteiger partial charge in [0.2, 0.25) is 17.7 Å². The zero-order valence-corrected chi connectivity index (χ0v) is 19.7. The lowest BCUT2D eigenvalue weighted by molar-refractivity contribution is -0.285. The van der Waals surface area contributed by atoms with Crippen LogP contribution < -0.4 is 11.1 Å². The molecule has 10 nitrogen and oxygen atoms in total. The summed E-state index contributed by atoms with van der Waals surface area (Å²) in [6.07, 6.45) is -7.26. The van der Waals surface area contributed by atoms with Crippen LogP contribution >= 0.6 is 11.6 Å². The van der Waals surface area contributed by atoms with Gasteiger partial charge in [-0.3, -0.25) is 9.48 Å². The average molecular weight is 543 g/mol. The SMILES string of the molecule is Cc1nnc(C2(C)C(=O)Nc3nc(-c4nn(CCC(F)(F)C(F)(F)F)c5cc(Cl)ccc45)nc(N)c32)o1. The molecule has 3 N–H and O–H groups in total. The predicted octanol–water partition coefficient (Wildman–Crippen LogP) is 4.27. The van der Waals surface area contributed by atoms with Gasteiger partial charge in [0.05, 0.1) is 11.1 Å². The van der Waals surface area contributed by atoms with Crippen molar-refractivity contribution in [1.29, 1.82) is 0 Å². The third-order valence-corrected chi connectivity index (χ3v) is 6.29. The van der Waals surface area contributed by atoms with Crippen molar-refractivity contribution < 1.29 is 31.2 Å². The van der Waals surface area contributed by atoms with Crippen molar-refractivity contribution >= 4 is 40.0 Å². The zero-order chi connectivity index (χ0) is 26.9. The molecule has 5 rings (SSSR count). The van der Waals surface area contributed by atoms with Gasteiger partial charge in [-0.05, 0) is 25.1 Å². The maximum absolute atomic E-state index is 13.6. The fourth-order valence-electron chi connectivity index (χ4n) is 4.09. The van der Waals surface area contributed by atoms with Gasteiger partial charge >= 0.3 is 12.1 Å². The number of anilines is 2. The van der Waals surface area contributed by atoms with Gasteiger partial charge in [0, 0.05) is 30.3 Å². The van der Waals surface area contributed by atoms with Crippen LogP contribution in [0.2, 0.25) is 5.02 Å². The van der Waals surface area contributed by atoms with E-state index in [0.29, 0.717) is 5.39 Å². The molecule has 4 heterocycles. The molecule has 0 saturated carbocycles. The van der Waals surface area contributed by atoms with Crippen LogP contribution in [0.25, 0.3) is 22.4 Å². The van der Waals surface area contributed by atoms with Crippen molar-refractivity contribution in [2.45, 2.75) is 44.3 Å². The summed E-state index contributed by atoms with van der Waals surface area (Å²) in [5.41, 5.74) is 5.12. The van der Waals surface area contributed by atoms with Crippen LogP contribution in [0.4, 0.5) is 33.6 Å². The molecule has 0 aliphatic carbocycles. The van der Waals surface area contributed by atoms with Gasteiger partial charge in [-0.25, -0.2) is 9.97 Å². The van der Waals surface area contributed by atoms with E-state index >= 15 is 0 Å². The fourth-order valence-corrected chi connectivity index (χ4v) is 4.25. The summed E-state index contributed by atoms with van der Waals surface area (Å²) in [5, 5.41) is 15.0. The number of halogens is 6. The van der Waals surface area contributed by atoms with Crippen molar-refractivity contribution in [3.8, 4) is 11.5 Å². The molecule has 1 unspecified atom stereocenters. The Bertz CT molecular complexity index is 1570. The van der Waals surface area contributed by atoms with Gasteiger partial charge in [0.15, 0.2) is 11.2 Å². The lowest BCUT2D eigenvalue weighted by Crippen LogP contribution is -2.37. The molecule has 1 aromatic carbocycles. The second-order valence-electron chi connectivity index (χ2n) is 8.55. The molecular formula is C21H16ClF5N8O2. The Morgan fingerprint density at radius 2 is 1.92 bits per heavy atom. The second-order valence-corrected chi connectivity index (χ2v) is 8.98. The van der Waals surface area contributed by atoms with E-state index in [9.17, 15) is 26.7 Å². The molecule has 0 spiro atoms. The highest BCUT2D eigenvalue weighted by Gasteiger charge is 2.57. The quantitative estimate of drug-likeness (QED) is 0.357. The highest BCUT2D eigenvalue weighted by Crippen LogP contribution is 2.45. The number of benzene rings is 1. The number of aryl methyl sites for hydroxylation is 2. The summed E-state index contributed by atoms with van der Waals surface area (Å²) in [6, 6.07) is 4.35. The van der Waals surface area contributed by atoms with E-state index in [2.05, 4.69) is 30.6 Å². The first kappa shape index (κ1) is 24.8. The van der Waals surface area contributed by atoms with Crippen LogP contribution in [0.1, 0.15) is 30.7 Å². The minimum Gasteiger partial charge on any atom is -0.424 e. The number of rotatable bonds is 5. The maximum atomic E-state index is 13.6. The van der Waals surface area contributed by atoms with E-state index in [1.165, 1.54) is 25.1 Å². The summed E-state index contributed by atoms with van der Waals surface area (Å²) in [6.45, 7) is 2.28. The highest BCUT2D eigenvalue weighted by atomic mass is 35.5. The number of hydrogen-bond donors (Lipinski definition) is 2. The smallest absolute Gasteiger partial charge is 0.424 e. The first-order valence-electron chi connectivity index (χ1n) is 10.6. The zero-order valence-electron chi connectivity index (χ0n) is 19.0. The largest absolute Gasteiger partial charge is 0.453 e. The van der Waals surface area contributed by atoms with Gasteiger partial charge in [0.25, 0.3) is 0 Å². The molecule has 0 fully saturated rings.